The van der Waals surface area contributed by atoms with Crippen LogP contribution in [0.5, 0.6) is 0 Å². The molecule has 1 saturated heterocycles. The first kappa shape index (κ1) is 22.9. The Morgan fingerprint density at radius 2 is 1.79 bits per heavy atom. The van der Waals surface area contributed by atoms with Crippen molar-refractivity contribution in [1.82, 2.24) is 14.4 Å². The topological polar surface area (TPSA) is 106 Å². The number of benzene rings is 2. The molecule has 9 nitrogen and oxygen atoms in total. The summed E-state index contributed by atoms with van der Waals surface area (Å²) in [5, 5.41) is 3.88. The molecule has 3 aromatic rings. The van der Waals surface area contributed by atoms with Crippen LogP contribution < -0.4 is 4.90 Å². The predicted molar refractivity (Wildman–Crippen MR) is 122 cm³/mol. The van der Waals surface area contributed by atoms with Crippen molar-refractivity contribution in [1.29, 1.82) is 0 Å². The van der Waals surface area contributed by atoms with Gasteiger partial charge in [0.15, 0.2) is 0 Å². The van der Waals surface area contributed by atoms with Gasteiger partial charge in [0, 0.05) is 25.2 Å². The summed E-state index contributed by atoms with van der Waals surface area (Å²) >= 11 is 0. The lowest BCUT2D eigenvalue weighted by Crippen LogP contribution is -2.36. The second-order valence-electron chi connectivity index (χ2n) is 8.31. The van der Waals surface area contributed by atoms with Crippen LogP contribution in [0, 0.1) is 6.92 Å². The molecule has 2 aromatic carbocycles. The summed E-state index contributed by atoms with van der Waals surface area (Å²) in [4.78, 5) is 18.3. The lowest BCUT2D eigenvalue weighted by atomic mass is 10.0. The average molecular weight is 471 g/mol. The largest absolute Gasteiger partial charge is 0.443 e. The molecule has 10 heteroatoms. The summed E-state index contributed by atoms with van der Waals surface area (Å²) in [6, 6.07) is 14.0. The van der Waals surface area contributed by atoms with Gasteiger partial charge in [-0.15, -0.1) is 0 Å². The number of carbonyl (C=O) groups excluding carboxylic acids is 1. The zero-order valence-corrected chi connectivity index (χ0v) is 19.7. The molecule has 33 heavy (non-hydrogen) atoms. The van der Waals surface area contributed by atoms with E-state index in [2.05, 4.69) is 24.0 Å². The third-order valence-electron chi connectivity index (χ3n) is 5.55. The number of cyclic esters (lactones) is 1. The molecule has 1 amide bonds. The van der Waals surface area contributed by atoms with E-state index in [9.17, 15) is 13.2 Å². The quantitative estimate of drug-likeness (QED) is 0.517. The number of aryl methyl sites for hydroxylation is 1. The SMILES string of the molecule is Cc1nc(-c2ccc(N3CC(CN(C)S(=O)(=O)c4ccc(C(C)C)cc4)OC3=O)cc2)no1. The number of ether oxygens (including phenoxy) is 1. The molecule has 0 bridgehead atoms. The average Bonchev–Trinajstić information content (AvgIpc) is 3.39. The first-order chi connectivity index (χ1) is 15.6. The molecule has 1 aromatic heterocycles. The Balaban J connectivity index is 1.42. The molecule has 4 rings (SSSR count). The number of likely N-dealkylation sites (N-methyl/N-ethyl adjacent to an activating group) is 1. The third kappa shape index (κ3) is 4.76. The second kappa shape index (κ2) is 8.95. The number of nitrogens with zero attached hydrogens (tertiary/aromatic N) is 4. The maximum atomic E-state index is 13.0. The number of anilines is 1. The first-order valence-corrected chi connectivity index (χ1v) is 12.0. The lowest BCUT2D eigenvalue weighted by molar-refractivity contribution is 0.131. The molecule has 1 unspecified atom stereocenters. The van der Waals surface area contributed by atoms with Crippen molar-refractivity contribution in [2.45, 2.75) is 37.7 Å². The maximum absolute atomic E-state index is 13.0. The molecule has 1 aliphatic rings. The Hall–Kier alpha value is -3.24. The maximum Gasteiger partial charge on any atom is 0.414 e. The highest BCUT2D eigenvalue weighted by Crippen LogP contribution is 2.26. The number of aromatic nitrogens is 2. The van der Waals surface area contributed by atoms with Gasteiger partial charge in [0.05, 0.1) is 18.0 Å². The summed E-state index contributed by atoms with van der Waals surface area (Å²) in [5.41, 5.74) is 2.47. The van der Waals surface area contributed by atoms with E-state index in [1.165, 1.54) is 16.3 Å². The summed E-state index contributed by atoms with van der Waals surface area (Å²) < 4.78 is 37.6. The molecule has 0 aliphatic carbocycles. The normalized spacial score (nSPS) is 16.6. The van der Waals surface area contributed by atoms with Gasteiger partial charge in [-0.1, -0.05) is 31.1 Å². The van der Waals surface area contributed by atoms with Crippen LogP contribution in [0.1, 0.15) is 31.2 Å². The van der Waals surface area contributed by atoms with Crippen molar-refractivity contribution < 1.29 is 22.5 Å². The number of amides is 1. The van der Waals surface area contributed by atoms with Crippen LogP contribution in [-0.2, 0) is 14.8 Å². The molecule has 174 valence electrons. The first-order valence-electron chi connectivity index (χ1n) is 10.6. The van der Waals surface area contributed by atoms with Crippen molar-refractivity contribution in [2.75, 3.05) is 25.0 Å². The zero-order valence-electron chi connectivity index (χ0n) is 18.9. The molecule has 0 spiro atoms. The fourth-order valence-electron chi connectivity index (χ4n) is 3.62. The molecule has 1 atom stereocenters. The van der Waals surface area contributed by atoms with Gasteiger partial charge in [0.1, 0.15) is 6.10 Å². The van der Waals surface area contributed by atoms with Crippen molar-refractivity contribution >= 4 is 21.8 Å². The Morgan fingerprint density at radius 3 is 2.36 bits per heavy atom. The van der Waals surface area contributed by atoms with Gasteiger partial charge in [0.25, 0.3) is 0 Å². The minimum atomic E-state index is -3.70. The number of hydrogen-bond acceptors (Lipinski definition) is 7. The van der Waals surface area contributed by atoms with E-state index in [-0.39, 0.29) is 18.0 Å². The Labute approximate surface area is 193 Å². The third-order valence-corrected chi connectivity index (χ3v) is 7.39. The van der Waals surface area contributed by atoms with Crippen LogP contribution in [0.4, 0.5) is 10.5 Å². The van der Waals surface area contributed by atoms with Crippen LogP contribution in [-0.4, -0.2) is 55.2 Å². The van der Waals surface area contributed by atoms with Gasteiger partial charge < -0.3 is 9.26 Å². The summed E-state index contributed by atoms with van der Waals surface area (Å²) in [6.45, 7) is 6.11. The fourth-order valence-corrected chi connectivity index (χ4v) is 4.83. The number of hydrogen-bond donors (Lipinski definition) is 0. The molecular formula is C23H26N4O5S. The smallest absolute Gasteiger partial charge is 0.414 e. The molecule has 2 heterocycles. The van der Waals surface area contributed by atoms with Gasteiger partial charge >= 0.3 is 6.09 Å². The highest BCUT2D eigenvalue weighted by molar-refractivity contribution is 7.89. The van der Waals surface area contributed by atoms with E-state index in [0.717, 1.165) is 11.1 Å². The number of rotatable bonds is 7. The molecular weight excluding hydrogens is 444 g/mol. The molecule has 0 N–H and O–H groups in total. The van der Waals surface area contributed by atoms with Gasteiger partial charge in [0.2, 0.25) is 21.7 Å². The van der Waals surface area contributed by atoms with Crippen molar-refractivity contribution in [3.05, 3.63) is 60.0 Å². The van der Waals surface area contributed by atoms with Gasteiger partial charge in [-0.2, -0.15) is 9.29 Å². The fraction of sp³-hybridized carbons (Fsp3) is 0.348. The van der Waals surface area contributed by atoms with Crippen molar-refractivity contribution in [3.8, 4) is 11.4 Å². The summed E-state index contributed by atoms with van der Waals surface area (Å²) in [6.07, 6.45) is -1.11. The van der Waals surface area contributed by atoms with Crippen molar-refractivity contribution in [3.63, 3.8) is 0 Å². The van der Waals surface area contributed by atoms with Crippen LogP contribution >= 0.6 is 0 Å². The van der Waals surface area contributed by atoms with Crippen LogP contribution in [0.3, 0.4) is 0 Å². The van der Waals surface area contributed by atoms with Crippen LogP contribution in [0.15, 0.2) is 57.9 Å². The summed E-state index contributed by atoms with van der Waals surface area (Å²) in [5.74, 6) is 1.25. The van der Waals surface area contributed by atoms with Crippen molar-refractivity contribution in [2.24, 2.45) is 0 Å². The second-order valence-corrected chi connectivity index (χ2v) is 10.4. The Bertz CT molecular complexity index is 1240. The molecule has 1 fully saturated rings. The van der Waals surface area contributed by atoms with E-state index in [4.69, 9.17) is 9.26 Å². The number of sulfonamides is 1. The van der Waals surface area contributed by atoms with Crippen LogP contribution in [0.2, 0.25) is 0 Å². The van der Waals surface area contributed by atoms with E-state index < -0.39 is 22.2 Å². The minimum absolute atomic E-state index is 0.0523. The lowest BCUT2D eigenvalue weighted by Gasteiger charge is -2.20. The predicted octanol–water partition coefficient (Wildman–Crippen LogP) is 3.81. The van der Waals surface area contributed by atoms with E-state index in [1.54, 1.807) is 43.3 Å². The van der Waals surface area contributed by atoms with E-state index in [1.807, 2.05) is 12.1 Å². The van der Waals surface area contributed by atoms with Gasteiger partial charge in [-0.3, -0.25) is 4.90 Å². The number of carbonyl (C=O) groups is 1. The van der Waals surface area contributed by atoms with Gasteiger partial charge in [-0.25, -0.2) is 13.2 Å². The molecule has 1 aliphatic heterocycles. The highest BCUT2D eigenvalue weighted by atomic mass is 32.2. The molecule has 0 radical (unpaired) electrons. The zero-order chi connectivity index (χ0) is 23.8. The Kier molecular flexibility index (Phi) is 6.22. The highest BCUT2D eigenvalue weighted by Gasteiger charge is 2.35. The minimum Gasteiger partial charge on any atom is -0.443 e. The summed E-state index contributed by atoms with van der Waals surface area (Å²) in [7, 11) is -2.21. The standard InChI is InChI=1S/C23H26N4O5S/c1-15(2)17-7-11-21(12-8-17)33(29,30)26(4)13-20-14-27(23(28)31-20)19-9-5-18(6-10-19)22-24-16(3)32-25-22/h5-12,15,20H,13-14H2,1-4H3. The Morgan fingerprint density at radius 1 is 1.12 bits per heavy atom. The monoisotopic (exact) mass is 470 g/mol. The van der Waals surface area contributed by atoms with Crippen LogP contribution in [0.25, 0.3) is 11.4 Å². The van der Waals surface area contributed by atoms with E-state index >= 15 is 0 Å². The molecule has 0 saturated carbocycles. The van der Waals surface area contributed by atoms with Gasteiger partial charge in [-0.05, 0) is 47.9 Å². The van der Waals surface area contributed by atoms with E-state index in [0.29, 0.717) is 23.3 Å².